The first-order valence-corrected chi connectivity index (χ1v) is 8.86. The molecule has 0 bridgehead atoms. The van der Waals surface area contributed by atoms with Crippen LogP contribution in [0, 0.1) is 17.8 Å². The molecule has 1 fully saturated rings. The number of nitrogens with zero attached hydrogens (tertiary/aromatic N) is 1. The Bertz CT molecular complexity index is 730. The molecule has 0 atom stereocenters. The smallest absolute Gasteiger partial charge is 0.357 e. The van der Waals surface area contributed by atoms with E-state index in [9.17, 15) is 18.0 Å². The first-order chi connectivity index (χ1) is 12.9. The number of rotatable bonds is 6. The minimum atomic E-state index is -4.38. The number of guanidine groups is 1. The Morgan fingerprint density at radius 3 is 2.70 bits per heavy atom. The minimum absolute atomic E-state index is 0.0788. The highest BCUT2D eigenvalue weighted by molar-refractivity contribution is 5.81. The molecule has 0 spiro atoms. The summed E-state index contributed by atoms with van der Waals surface area (Å²) < 4.78 is 38.0. The lowest BCUT2D eigenvalue weighted by Crippen LogP contribution is -2.38. The second-order valence-corrected chi connectivity index (χ2v) is 6.06. The fourth-order valence-corrected chi connectivity index (χ4v) is 2.23. The van der Waals surface area contributed by atoms with E-state index in [0.717, 1.165) is 25.0 Å². The van der Waals surface area contributed by atoms with E-state index in [1.165, 1.54) is 12.1 Å². The molecule has 0 saturated heterocycles. The van der Waals surface area contributed by atoms with Crippen molar-refractivity contribution in [2.24, 2.45) is 10.9 Å². The molecule has 1 aliphatic carbocycles. The Labute approximate surface area is 156 Å². The Kier molecular flexibility index (Phi) is 7.53. The quantitative estimate of drug-likeness (QED) is 0.307. The molecule has 0 radical (unpaired) electrons. The van der Waals surface area contributed by atoms with Crippen LogP contribution in [-0.2, 0) is 11.0 Å². The summed E-state index contributed by atoms with van der Waals surface area (Å²) in [6.45, 7) is 3.69. The lowest BCUT2D eigenvalue weighted by atomic mass is 10.1. The van der Waals surface area contributed by atoms with E-state index < -0.39 is 11.7 Å². The fraction of sp³-hybridized carbons (Fsp3) is 0.474. The third-order valence-electron chi connectivity index (χ3n) is 3.74. The summed E-state index contributed by atoms with van der Waals surface area (Å²) in [5.74, 6) is 6.28. The first kappa shape index (κ1) is 20.6. The van der Waals surface area contributed by atoms with Gasteiger partial charge in [-0.1, -0.05) is 17.9 Å². The number of benzene rings is 1. The standard InChI is InChI=1S/C19H23F3N4O/c1-2-23-18(26-12-11-24-17(27)15-8-9-15)25-10-4-6-14-5-3-7-16(13-14)19(20,21)22/h3,5,7,13,15H,2,8-12H2,1H3,(H,24,27)(H2,23,25,26). The zero-order valence-electron chi connectivity index (χ0n) is 15.1. The molecule has 1 aromatic rings. The van der Waals surface area contributed by atoms with Gasteiger partial charge in [0.1, 0.15) is 0 Å². The van der Waals surface area contributed by atoms with E-state index in [2.05, 4.69) is 32.8 Å². The molecule has 1 aromatic carbocycles. The third kappa shape index (κ3) is 7.60. The molecule has 3 N–H and O–H groups in total. The summed E-state index contributed by atoms with van der Waals surface area (Å²) in [5, 5.41) is 8.86. The van der Waals surface area contributed by atoms with Crippen molar-refractivity contribution in [3.05, 3.63) is 35.4 Å². The number of alkyl halides is 3. The maximum atomic E-state index is 12.7. The Morgan fingerprint density at radius 1 is 1.26 bits per heavy atom. The molecule has 0 unspecified atom stereocenters. The van der Waals surface area contributed by atoms with Crippen molar-refractivity contribution in [3.8, 4) is 11.8 Å². The van der Waals surface area contributed by atoms with E-state index in [1.54, 1.807) is 0 Å². The van der Waals surface area contributed by atoms with Crippen LogP contribution in [0.3, 0.4) is 0 Å². The monoisotopic (exact) mass is 380 g/mol. The van der Waals surface area contributed by atoms with Crippen molar-refractivity contribution in [1.29, 1.82) is 0 Å². The Hall–Kier alpha value is -2.69. The highest BCUT2D eigenvalue weighted by Gasteiger charge is 2.30. The van der Waals surface area contributed by atoms with Gasteiger partial charge in [0.05, 0.1) is 18.7 Å². The molecule has 146 valence electrons. The molecule has 0 aromatic heterocycles. The van der Waals surface area contributed by atoms with Crippen LogP contribution in [0.4, 0.5) is 13.2 Å². The van der Waals surface area contributed by atoms with Gasteiger partial charge in [-0.3, -0.25) is 9.79 Å². The van der Waals surface area contributed by atoms with Gasteiger partial charge < -0.3 is 16.0 Å². The highest BCUT2D eigenvalue weighted by atomic mass is 19.4. The van der Waals surface area contributed by atoms with Crippen LogP contribution in [0.15, 0.2) is 29.3 Å². The molecular formula is C19H23F3N4O. The summed E-state index contributed by atoms with van der Waals surface area (Å²) in [6.07, 6.45) is -2.45. The summed E-state index contributed by atoms with van der Waals surface area (Å²) in [7, 11) is 0. The van der Waals surface area contributed by atoms with Crippen LogP contribution in [0.2, 0.25) is 0 Å². The Balaban J connectivity index is 1.81. The summed E-state index contributed by atoms with van der Waals surface area (Å²) in [6, 6.07) is 4.90. The van der Waals surface area contributed by atoms with Crippen LogP contribution >= 0.6 is 0 Å². The zero-order valence-corrected chi connectivity index (χ0v) is 15.1. The van der Waals surface area contributed by atoms with Crippen molar-refractivity contribution < 1.29 is 18.0 Å². The number of hydrogen-bond donors (Lipinski definition) is 3. The number of aliphatic imine (C=N–C) groups is 1. The van der Waals surface area contributed by atoms with E-state index in [1.807, 2.05) is 6.92 Å². The highest BCUT2D eigenvalue weighted by Crippen LogP contribution is 2.29. The molecule has 1 amide bonds. The van der Waals surface area contributed by atoms with E-state index >= 15 is 0 Å². The van der Waals surface area contributed by atoms with Gasteiger partial charge in [0.15, 0.2) is 5.96 Å². The zero-order chi connectivity index (χ0) is 19.7. The average molecular weight is 380 g/mol. The largest absolute Gasteiger partial charge is 0.416 e. The van der Waals surface area contributed by atoms with Gasteiger partial charge in [0.25, 0.3) is 0 Å². The van der Waals surface area contributed by atoms with Gasteiger partial charge in [0, 0.05) is 24.6 Å². The lowest BCUT2D eigenvalue weighted by molar-refractivity contribution is -0.137. The third-order valence-corrected chi connectivity index (χ3v) is 3.74. The number of hydrogen-bond acceptors (Lipinski definition) is 2. The van der Waals surface area contributed by atoms with E-state index in [0.29, 0.717) is 31.2 Å². The molecule has 0 heterocycles. The van der Waals surface area contributed by atoms with Crippen molar-refractivity contribution in [3.63, 3.8) is 0 Å². The van der Waals surface area contributed by atoms with Crippen molar-refractivity contribution in [1.82, 2.24) is 16.0 Å². The second-order valence-electron chi connectivity index (χ2n) is 6.06. The van der Waals surface area contributed by atoms with Gasteiger partial charge in [-0.25, -0.2) is 0 Å². The Morgan fingerprint density at radius 2 is 2.04 bits per heavy atom. The molecule has 1 saturated carbocycles. The van der Waals surface area contributed by atoms with Crippen LogP contribution in [-0.4, -0.2) is 38.0 Å². The SMILES string of the molecule is CCNC(=NCCNC(=O)C1CC1)NCC#Cc1cccc(C(F)(F)F)c1. The van der Waals surface area contributed by atoms with Crippen LogP contribution in [0.1, 0.15) is 30.9 Å². The van der Waals surface area contributed by atoms with Gasteiger partial charge in [0.2, 0.25) is 5.91 Å². The van der Waals surface area contributed by atoms with Gasteiger partial charge in [-0.05, 0) is 38.0 Å². The predicted molar refractivity (Wildman–Crippen MR) is 98.0 cm³/mol. The number of amides is 1. The number of halogens is 3. The van der Waals surface area contributed by atoms with Gasteiger partial charge in [-0.2, -0.15) is 13.2 Å². The number of carbonyl (C=O) groups is 1. The molecule has 1 aliphatic rings. The molecule has 8 heteroatoms. The first-order valence-electron chi connectivity index (χ1n) is 8.86. The number of nitrogens with one attached hydrogen (secondary N) is 3. The van der Waals surface area contributed by atoms with Crippen molar-refractivity contribution in [2.45, 2.75) is 25.9 Å². The van der Waals surface area contributed by atoms with E-state index in [4.69, 9.17) is 0 Å². The summed E-state index contributed by atoms with van der Waals surface area (Å²) in [4.78, 5) is 15.8. The van der Waals surface area contributed by atoms with E-state index in [-0.39, 0.29) is 18.4 Å². The number of carbonyl (C=O) groups excluding carboxylic acids is 1. The summed E-state index contributed by atoms with van der Waals surface area (Å²) in [5.41, 5.74) is -0.415. The predicted octanol–water partition coefficient (Wildman–Crippen LogP) is 2.14. The average Bonchev–Trinajstić information content (AvgIpc) is 3.46. The molecule has 0 aliphatic heterocycles. The maximum absolute atomic E-state index is 12.7. The summed E-state index contributed by atoms with van der Waals surface area (Å²) >= 11 is 0. The lowest BCUT2D eigenvalue weighted by Gasteiger charge is -2.09. The minimum Gasteiger partial charge on any atom is -0.357 e. The van der Waals surface area contributed by atoms with Crippen LogP contribution < -0.4 is 16.0 Å². The molecule has 27 heavy (non-hydrogen) atoms. The maximum Gasteiger partial charge on any atom is 0.416 e. The molecular weight excluding hydrogens is 357 g/mol. The van der Waals surface area contributed by atoms with Crippen molar-refractivity contribution in [2.75, 3.05) is 26.2 Å². The second kappa shape index (κ2) is 9.86. The fourth-order valence-electron chi connectivity index (χ4n) is 2.23. The topological polar surface area (TPSA) is 65.5 Å². The molecule has 5 nitrogen and oxygen atoms in total. The van der Waals surface area contributed by atoms with Crippen LogP contribution in [0.25, 0.3) is 0 Å². The van der Waals surface area contributed by atoms with Crippen molar-refractivity contribution >= 4 is 11.9 Å². The van der Waals surface area contributed by atoms with Crippen LogP contribution in [0.5, 0.6) is 0 Å². The normalized spacial score (nSPS) is 14.1. The molecule has 2 rings (SSSR count). The van der Waals surface area contributed by atoms with Gasteiger partial charge in [-0.15, -0.1) is 0 Å². The van der Waals surface area contributed by atoms with Gasteiger partial charge >= 0.3 is 6.18 Å².